The third-order valence-electron chi connectivity index (χ3n) is 3.10. The van der Waals surface area contributed by atoms with Gasteiger partial charge in [0.15, 0.2) is 0 Å². The van der Waals surface area contributed by atoms with Crippen LogP contribution < -0.4 is 0 Å². The first-order chi connectivity index (χ1) is 7.58. The molecule has 0 atom stereocenters. The van der Waals surface area contributed by atoms with Crippen LogP contribution in [0.5, 0.6) is 0 Å². The summed E-state index contributed by atoms with van der Waals surface area (Å²) in [5.41, 5.74) is 0. The van der Waals surface area contributed by atoms with E-state index in [0.717, 1.165) is 24.7 Å². The molecule has 1 saturated carbocycles. The van der Waals surface area contributed by atoms with Gasteiger partial charge >= 0.3 is 0 Å². The quantitative estimate of drug-likeness (QED) is 0.637. The lowest BCUT2D eigenvalue weighted by molar-refractivity contribution is 0.0968. The van der Waals surface area contributed by atoms with Crippen LogP contribution in [0.15, 0.2) is 24.7 Å². The summed E-state index contributed by atoms with van der Waals surface area (Å²) in [6.45, 7) is 13.0. The molecule has 0 spiro atoms. The number of allylic oxidation sites excluding steroid dienone is 2. The van der Waals surface area contributed by atoms with E-state index in [1.807, 2.05) is 13.8 Å². The molecule has 0 unspecified atom stereocenters. The van der Waals surface area contributed by atoms with E-state index in [2.05, 4.69) is 13.2 Å². The fraction of sp³-hybridized carbons (Fsp3) is 0.714. The van der Waals surface area contributed by atoms with E-state index in [1.165, 1.54) is 25.7 Å². The van der Waals surface area contributed by atoms with Crippen molar-refractivity contribution in [1.82, 2.24) is 0 Å². The number of rotatable bonds is 6. The van der Waals surface area contributed by atoms with Crippen LogP contribution in [0.2, 0.25) is 0 Å². The molecule has 2 heteroatoms. The van der Waals surface area contributed by atoms with Gasteiger partial charge in [0, 0.05) is 0 Å². The number of hydrogen-bond donors (Lipinski definition) is 0. The van der Waals surface area contributed by atoms with Crippen molar-refractivity contribution < 1.29 is 9.47 Å². The molecule has 1 fully saturated rings. The fourth-order valence-electron chi connectivity index (χ4n) is 2.09. The van der Waals surface area contributed by atoms with Crippen LogP contribution in [-0.2, 0) is 9.47 Å². The minimum Gasteiger partial charge on any atom is -0.499 e. The van der Waals surface area contributed by atoms with E-state index in [4.69, 9.17) is 9.47 Å². The van der Waals surface area contributed by atoms with Crippen LogP contribution >= 0.6 is 0 Å². The first kappa shape index (κ1) is 13.1. The van der Waals surface area contributed by atoms with Gasteiger partial charge in [-0.15, -0.1) is 0 Å². The Kier molecular flexibility index (Phi) is 5.44. The van der Waals surface area contributed by atoms with Crippen LogP contribution in [0.3, 0.4) is 0 Å². The van der Waals surface area contributed by atoms with Gasteiger partial charge in [-0.2, -0.15) is 0 Å². The first-order valence-electron chi connectivity index (χ1n) is 6.14. The van der Waals surface area contributed by atoms with Crippen molar-refractivity contribution >= 4 is 0 Å². The molecular weight excluding hydrogens is 200 g/mol. The third kappa shape index (κ3) is 5.24. The molecule has 0 amide bonds. The van der Waals surface area contributed by atoms with Crippen LogP contribution in [0.1, 0.15) is 39.5 Å². The molecule has 0 saturated heterocycles. The number of hydrogen-bond acceptors (Lipinski definition) is 2. The summed E-state index contributed by atoms with van der Waals surface area (Å²) in [6.07, 6.45) is 4.99. The molecule has 1 rings (SSSR count). The van der Waals surface area contributed by atoms with Gasteiger partial charge in [-0.3, -0.25) is 0 Å². The predicted octanol–water partition coefficient (Wildman–Crippen LogP) is 3.89. The largest absolute Gasteiger partial charge is 0.499 e. The van der Waals surface area contributed by atoms with Crippen LogP contribution in [0.4, 0.5) is 0 Å². The molecule has 0 aromatic carbocycles. The highest BCUT2D eigenvalue weighted by atomic mass is 16.5. The lowest BCUT2D eigenvalue weighted by Crippen LogP contribution is -2.21. The monoisotopic (exact) mass is 224 g/mol. The van der Waals surface area contributed by atoms with Crippen LogP contribution in [-0.4, -0.2) is 13.2 Å². The highest BCUT2D eigenvalue weighted by molar-refractivity contribution is 4.79. The summed E-state index contributed by atoms with van der Waals surface area (Å²) < 4.78 is 10.9. The standard InChI is InChI=1S/C14H24O2/c1-11(2)15-9-13-5-7-14(8-6-13)10-16-12(3)4/h13-14H,1,3,5-10H2,2,4H3/t13-,14+. The maximum absolute atomic E-state index is 5.47. The summed E-state index contributed by atoms with van der Waals surface area (Å²) in [7, 11) is 0. The number of ether oxygens (including phenoxy) is 2. The molecule has 2 nitrogen and oxygen atoms in total. The van der Waals surface area contributed by atoms with Crippen molar-refractivity contribution in [3.8, 4) is 0 Å². The predicted molar refractivity (Wildman–Crippen MR) is 67.0 cm³/mol. The molecule has 0 heterocycles. The average molecular weight is 224 g/mol. The highest BCUT2D eigenvalue weighted by Crippen LogP contribution is 2.29. The Morgan fingerprint density at radius 2 is 1.19 bits per heavy atom. The maximum Gasteiger partial charge on any atom is 0.0905 e. The Morgan fingerprint density at radius 1 is 0.875 bits per heavy atom. The summed E-state index contributed by atoms with van der Waals surface area (Å²) in [5, 5.41) is 0. The normalized spacial score (nSPS) is 24.9. The van der Waals surface area contributed by atoms with Crippen molar-refractivity contribution in [2.45, 2.75) is 39.5 Å². The Morgan fingerprint density at radius 3 is 1.44 bits per heavy atom. The molecule has 0 N–H and O–H groups in total. The second-order valence-electron chi connectivity index (χ2n) is 4.91. The zero-order valence-electron chi connectivity index (χ0n) is 10.6. The average Bonchev–Trinajstić information content (AvgIpc) is 2.25. The highest BCUT2D eigenvalue weighted by Gasteiger charge is 2.21. The molecule has 0 aliphatic heterocycles. The smallest absolute Gasteiger partial charge is 0.0905 e. The van der Waals surface area contributed by atoms with Gasteiger partial charge < -0.3 is 9.47 Å². The molecule has 0 aromatic heterocycles. The van der Waals surface area contributed by atoms with Gasteiger partial charge in [-0.25, -0.2) is 0 Å². The van der Waals surface area contributed by atoms with Crippen LogP contribution in [0, 0.1) is 11.8 Å². The maximum atomic E-state index is 5.47. The van der Waals surface area contributed by atoms with E-state index in [0.29, 0.717) is 11.8 Å². The molecule has 0 bridgehead atoms. The Labute approximate surface area is 99.3 Å². The summed E-state index contributed by atoms with van der Waals surface area (Å²) in [4.78, 5) is 0. The fourth-order valence-corrected chi connectivity index (χ4v) is 2.09. The van der Waals surface area contributed by atoms with Gasteiger partial charge in [0.1, 0.15) is 0 Å². The van der Waals surface area contributed by atoms with Crippen molar-refractivity contribution in [3.05, 3.63) is 24.7 Å². The molecule has 1 aliphatic carbocycles. The third-order valence-corrected chi connectivity index (χ3v) is 3.10. The van der Waals surface area contributed by atoms with Gasteiger partial charge in [0.2, 0.25) is 0 Å². The van der Waals surface area contributed by atoms with Gasteiger partial charge in [0.05, 0.1) is 24.7 Å². The molecule has 0 radical (unpaired) electrons. The van der Waals surface area contributed by atoms with E-state index in [-0.39, 0.29) is 0 Å². The SMILES string of the molecule is C=C(C)OC[C@H]1CC[C@@H](COC(=C)C)CC1. The van der Waals surface area contributed by atoms with Gasteiger partial charge in [-0.1, -0.05) is 13.2 Å². The summed E-state index contributed by atoms with van der Waals surface area (Å²) >= 11 is 0. The molecule has 92 valence electrons. The van der Waals surface area contributed by atoms with E-state index >= 15 is 0 Å². The van der Waals surface area contributed by atoms with Crippen LogP contribution in [0.25, 0.3) is 0 Å². The van der Waals surface area contributed by atoms with E-state index < -0.39 is 0 Å². The molecule has 16 heavy (non-hydrogen) atoms. The summed E-state index contributed by atoms with van der Waals surface area (Å²) in [5.74, 6) is 3.07. The zero-order valence-corrected chi connectivity index (χ0v) is 10.6. The van der Waals surface area contributed by atoms with Crippen molar-refractivity contribution in [1.29, 1.82) is 0 Å². The van der Waals surface area contributed by atoms with Gasteiger partial charge in [0.25, 0.3) is 0 Å². The minimum atomic E-state index is 0.706. The zero-order chi connectivity index (χ0) is 12.0. The topological polar surface area (TPSA) is 18.5 Å². The second kappa shape index (κ2) is 6.62. The van der Waals surface area contributed by atoms with E-state index in [1.54, 1.807) is 0 Å². The van der Waals surface area contributed by atoms with Crippen molar-refractivity contribution in [2.24, 2.45) is 11.8 Å². The summed E-state index contributed by atoms with van der Waals surface area (Å²) in [6, 6.07) is 0. The lowest BCUT2D eigenvalue weighted by Gasteiger charge is -2.28. The van der Waals surface area contributed by atoms with E-state index in [9.17, 15) is 0 Å². The Hall–Kier alpha value is -0.920. The Bertz CT molecular complexity index is 211. The first-order valence-corrected chi connectivity index (χ1v) is 6.14. The molecular formula is C14H24O2. The Balaban J connectivity index is 2.13. The van der Waals surface area contributed by atoms with Crippen molar-refractivity contribution in [2.75, 3.05) is 13.2 Å². The molecule has 1 aliphatic rings. The second-order valence-corrected chi connectivity index (χ2v) is 4.91. The lowest BCUT2D eigenvalue weighted by atomic mass is 9.83. The van der Waals surface area contributed by atoms with Gasteiger partial charge in [-0.05, 0) is 51.4 Å². The minimum absolute atomic E-state index is 0.706. The van der Waals surface area contributed by atoms with Crippen molar-refractivity contribution in [3.63, 3.8) is 0 Å². The molecule has 0 aromatic rings.